The second kappa shape index (κ2) is 26.7. The molecule has 1 aromatic carbocycles. The zero-order valence-electron chi connectivity index (χ0n) is 46.2. The molecule has 450 valence electrons. The standard InChI is InChI=1S/C54H70N10O18S/c1-4-26(2)45-50(76)58-21-41(69)59-35-25-83-51-33-15-29(48(74)57-22-42(70)61-45)17-38(67)46(27(3)39-24-79-53(78)80-39)62-49(75)36-19-30(65)23-63(36)54(47(73)28(16-37(35)66)18-40(55)68,81-31-9-10-32(33)34(20-31)60-51)13-7-5-6-8-14-56-52(77)82-64-43(71)11-12-44(64)72/h9-10,20,26-30,35-36,39,45-46,60,65H,4-8,11-19,21-25H2,1-3H3,(H2,55,68)(H,56,77)(H,57,74)(H,58,76)(H,59,69)(H,61,70)(H,62,75)/t26-,27-,28-,29?,30?,35?,36-,39-,45-,46-,54?/m0/s1. The molecule has 11 atom stereocenters. The number of unbranched alkanes of at least 4 members (excludes halogenated alkanes) is 3. The summed E-state index contributed by atoms with van der Waals surface area (Å²) in [7, 11) is 0. The Morgan fingerprint density at radius 3 is 2.28 bits per heavy atom. The molecule has 28 nitrogen and oxygen atoms in total. The van der Waals surface area contributed by atoms with Gasteiger partial charge in [-0.15, -0.1) is 16.8 Å². The lowest BCUT2D eigenvalue weighted by atomic mass is 9.82. The number of aliphatic hydroxyl groups is 1. The fraction of sp³-hybridized carbons (Fsp3) is 0.611. The van der Waals surface area contributed by atoms with Gasteiger partial charge in [-0.2, -0.15) is 0 Å². The third kappa shape index (κ3) is 14.4. The van der Waals surface area contributed by atoms with Crippen molar-refractivity contribution in [3.8, 4) is 5.75 Å². The van der Waals surface area contributed by atoms with Gasteiger partial charge in [0, 0.05) is 86.6 Å². The van der Waals surface area contributed by atoms with Gasteiger partial charge in [0.1, 0.15) is 24.5 Å². The van der Waals surface area contributed by atoms with Gasteiger partial charge in [0.05, 0.1) is 47.9 Å². The number of hydroxylamine groups is 2. The van der Waals surface area contributed by atoms with Crippen LogP contribution in [0.25, 0.3) is 10.9 Å². The molecule has 3 saturated heterocycles. The highest BCUT2D eigenvalue weighted by Gasteiger charge is 2.57. The maximum atomic E-state index is 16.2. The molecule has 9 amide bonds. The number of hydrogen-bond donors (Lipinski definition) is 9. The molecule has 0 radical (unpaired) electrons. The van der Waals surface area contributed by atoms with Crippen LogP contribution >= 0.6 is 11.8 Å². The highest BCUT2D eigenvalue weighted by molar-refractivity contribution is 7.99. The summed E-state index contributed by atoms with van der Waals surface area (Å²) < 4.78 is 17.5. The van der Waals surface area contributed by atoms with Crippen molar-refractivity contribution < 1.29 is 86.5 Å². The number of aromatic amines is 1. The van der Waals surface area contributed by atoms with Crippen LogP contribution in [-0.4, -0.2) is 178 Å². The fourth-order valence-electron chi connectivity index (χ4n) is 11.4. The number of ether oxygens (including phenoxy) is 3. The summed E-state index contributed by atoms with van der Waals surface area (Å²) in [6.07, 6.45) is -6.12. The van der Waals surface area contributed by atoms with Crippen LogP contribution in [0, 0.1) is 23.7 Å². The van der Waals surface area contributed by atoms with Gasteiger partial charge in [0.2, 0.25) is 41.2 Å². The number of nitrogens with two attached hydrogens (primary N) is 1. The number of imide groups is 1. The number of carbonyl (C=O) groups is 13. The second-order valence-corrected chi connectivity index (χ2v) is 23.0. The number of cyclic esters (lactones) is 2. The van der Waals surface area contributed by atoms with Gasteiger partial charge in [0.15, 0.2) is 17.3 Å². The van der Waals surface area contributed by atoms with Crippen molar-refractivity contribution in [2.24, 2.45) is 29.4 Å². The van der Waals surface area contributed by atoms with E-state index in [1.165, 1.54) is 11.8 Å². The van der Waals surface area contributed by atoms with Crippen LogP contribution in [0.2, 0.25) is 0 Å². The van der Waals surface area contributed by atoms with Crippen molar-refractivity contribution in [1.82, 2.24) is 46.8 Å². The number of ketones is 3. The Bertz CT molecular complexity index is 2920. The lowest BCUT2D eigenvalue weighted by Gasteiger charge is -2.45. The molecule has 1 aromatic heterocycles. The largest absolute Gasteiger partial charge is 0.508 e. The Kier molecular flexibility index (Phi) is 19.8. The number of rotatable bonds is 14. The summed E-state index contributed by atoms with van der Waals surface area (Å²) in [5.41, 5.74) is 4.34. The second-order valence-electron chi connectivity index (χ2n) is 22.0. The number of aromatic nitrogens is 1. The molecule has 7 aliphatic rings. The molecule has 83 heavy (non-hydrogen) atoms. The molecule has 0 aliphatic carbocycles. The number of fused-ring (bicyclic) bond motifs is 7. The minimum absolute atomic E-state index is 0.0346. The van der Waals surface area contributed by atoms with Crippen LogP contribution in [-0.2, 0) is 73.5 Å². The number of nitrogens with zero attached hydrogens (tertiary/aromatic N) is 2. The van der Waals surface area contributed by atoms with E-state index >= 15 is 19.2 Å². The maximum absolute atomic E-state index is 16.2. The summed E-state index contributed by atoms with van der Waals surface area (Å²) in [5, 5.41) is 28.7. The lowest BCUT2D eigenvalue weighted by Crippen LogP contribution is -2.65. The molecule has 8 bridgehead atoms. The number of aliphatic hydroxyl groups excluding tert-OH is 1. The van der Waals surface area contributed by atoms with Crippen LogP contribution in [0.15, 0.2) is 23.2 Å². The number of primary amides is 1. The molecule has 9 rings (SSSR count). The van der Waals surface area contributed by atoms with Crippen LogP contribution < -0.4 is 42.4 Å². The number of amides is 9. The third-order valence-corrected chi connectivity index (χ3v) is 17.3. The average molecular weight is 1180 g/mol. The highest BCUT2D eigenvalue weighted by atomic mass is 32.2. The monoisotopic (exact) mass is 1180 g/mol. The Morgan fingerprint density at radius 2 is 1.58 bits per heavy atom. The SMILES string of the molecule is CC[C@H](C)[C@@H]1NC(=O)CNC(=O)C2CC(=O)[C@H]([C@@H](C)[C@@H]3COC(=O)O3)NC(=O)[C@@H]3CC(O)CN3C3(CCCCCCNC(=O)ON4C(=O)CCC4=O)Oc4ccc5c(c([nH]c5c4)SCC(NC(=O)CNC1=O)C(=O)C[C@@H](CC(N)=O)C3=O)C2. The van der Waals surface area contributed by atoms with Crippen LogP contribution in [0.3, 0.4) is 0 Å². The molecule has 2 aromatic rings. The minimum atomic E-state index is -2.35. The number of H-pyrrole nitrogens is 1. The summed E-state index contributed by atoms with van der Waals surface area (Å²) in [5.74, 6) is -13.4. The van der Waals surface area contributed by atoms with E-state index in [1.807, 2.05) is 0 Å². The van der Waals surface area contributed by atoms with Gasteiger partial charge in [0.25, 0.3) is 11.8 Å². The Labute approximate surface area is 480 Å². The quantitative estimate of drug-likeness (QED) is 0.0660. The van der Waals surface area contributed by atoms with Gasteiger partial charge in [-0.25, -0.2) is 14.5 Å². The summed E-state index contributed by atoms with van der Waals surface area (Å²) >= 11 is 1.05. The lowest BCUT2D eigenvalue weighted by molar-refractivity contribution is -0.171. The summed E-state index contributed by atoms with van der Waals surface area (Å²) in [6, 6.07) is -0.941. The van der Waals surface area contributed by atoms with Crippen molar-refractivity contribution in [2.75, 3.05) is 38.5 Å². The number of thioether (sulfide) groups is 1. The van der Waals surface area contributed by atoms with Crippen molar-refractivity contribution >= 4 is 99.5 Å². The molecular formula is C54H70N10O18S. The molecule has 3 fully saturated rings. The van der Waals surface area contributed by atoms with Crippen molar-refractivity contribution in [1.29, 1.82) is 0 Å². The number of Topliss-reactive ketones (excluding diaryl/α,β-unsaturated/α-hetero) is 3. The number of benzene rings is 1. The van der Waals surface area contributed by atoms with Gasteiger partial charge in [-0.1, -0.05) is 40.0 Å². The number of nitrogens with one attached hydrogen (secondary N) is 7. The first kappa shape index (κ1) is 61.4. The van der Waals surface area contributed by atoms with E-state index < -0.39 is 182 Å². The maximum Gasteiger partial charge on any atom is 0.508 e. The molecule has 8 heterocycles. The number of carbonyl (C=O) groups excluding carboxylic acids is 13. The van der Waals surface area contributed by atoms with Crippen molar-refractivity contribution in [3.63, 3.8) is 0 Å². The van der Waals surface area contributed by atoms with E-state index in [2.05, 4.69) is 36.9 Å². The van der Waals surface area contributed by atoms with Crippen LogP contribution in [0.4, 0.5) is 9.59 Å². The predicted molar refractivity (Wildman–Crippen MR) is 288 cm³/mol. The first-order chi connectivity index (χ1) is 39.5. The third-order valence-electron chi connectivity index (χ3n) is 16.1. The van der Waals surface area contributed by atoms with Crippen LogP contribution in [0.5, 0.6) is 5.75 Å². The molecule has 10 N–H and O–H groups in total. The molecule has 29 heteroatoms. The number of hydrogen-bond acceptors (Lipinski definition) is 20. The molecule has 0 saturated carbocycles. The van der Waals surface area contributed by atoms with E-state index in [9.17, 15) is 48.3 Å². The minimum Gasteiger partial charge on any atom is -0.465 e. The predicted octanol–water partition coefficient (Wildman–Crippen LogP) is -0.406. The van der Waals surface area contributed by atoms with E-state index in [0.29, 0.717) is 52.2 Å². The van der Waals surface area contributed by atoms with Gasteiger partial charge in [-0.3, -0.25) is 52.7 Å². The average Bonchev–Trinajstić information content (AvgIpc) is 3.53. The summed E-state index contributed by atoms with van der Waals surface area (Å²) in [4.78, 5) is 189. The van der Waals surface area contributed by atoms with Gasteiger partial charge < -0.3 is 66.8 Å². The fourth-order valence-corrected chi connectivity index (χ4v) is 12.6. The summed E-state index contributed by atoms with van der Waals surface area (Å²) in [6.45, 7) is 2.98. The molecular weight excluding hydrogens is 1110 g/mol. The van der Waals surface area contributed by atoms with E-state index in [1.54, 1.807) is 32.0 Å². The zero-order valence-corrected chi connectivity index (χ0v) is 47.0. The van der Waals surface area contributed by atoms with Gasteiger partial charge >= 0.3 is 12.2 Å². The normalized spacial score (nSPS) is 28.6. The van der Waals surface area contributed by atoms with E-state index in [4.69, 9.17) is 24.8 Å². The van der Waals surface area contributed by atoms with Gasteiger partial charge in [-0.05, 0) is 49.3 Å². The Hall–Kier alpha value is -7.66. The molecule has 7 aliphatic heterocycles. The molecule has 0 spiro atoms. The zero-order chi connectivity index (χ0) is 59.9. The Morgan fingerprint density at radius 1 is 0.867 bits per heavy atom. The first-order valence-electron chi connectivity index (χ1n) is 27.9. The Balaban J connectivity index is 1.26. The van der Waals surface area contributed by atoms with Crippen LogP contribution in [0.1, 0.15) is 103 Å². The van der Waals surface area contributed by atoms with Crippen molar-refractivity contribution in [2.45, 2.75) is 151 Å². The van der Waals surface area contributed by atoms with Crippen molar-refractivity contribution in [3.05, 3.63) is 23.8 Å². The smallest absolute Gasteiger partial charge is 0.465 e. The van der Waals surface area contributed by atoms with E-state index in [0.717, 1.165) is 11.8 Å². The first-order valence-corrected chi connectivity index (χ1v) is 28.9. The molecule has 4 unspecified atom stereocenters. The highest BCUT2D eigenvalue weighted by Crippen LogP contribution is 2.42. The topological polar surface area (TPSA) is 400 Å². The van der Waals surface area contributed by atoms with E-state index in [-0.39, 0.29) is 63.2 Å².